The van der Waals surface area contributed by atoms with Crippen LogP contribution in [0.3, 0.4) is 0 Å². The largest absolute Gasteiger partial charge is 0.303 e. The van der Waals surface area contributed by atoms with Gasteiger partial charge in [0, 0.05) is 17.8 Å². The van der Waals surface area contributed by atoms with Crippen LogP contribution in [0, 0.1) is 46.3 Å². The lowest BCUT2D eigenvalue weighted by atomic mass is 9.45. The fourth-order valence-electron chi connectivity index (χ4n) is 6.95. The summed E-state index contributed by atoms with van der Waals surface area (Å²) < 4.78 is 0. The first kappa shape index (κ1) is 16.9. The van der Waals surface area contributed by atoms with E-state index in [0.717, 1.165) is 51.0 Å². The Morgan fingerprint density at radius 2 is 1.84 bits per heavy atom. The maximum Gasteiger partial charge on any atom is 0.126 e. The monoisotopic (exact) mass is 340 g/mol. The highest BCUT2D eigenvalue weighted by molar-refractivity contribution is 5.61. The topological polar surface area (TPSA) is 51.2 Å². The van der Waals surface area contributed by atoms with Gasteiger partial charge in [0.25, 0.3) is 0 Å². The van der Waals surface area contributed by atoms with Gasteiger partial charge in [0.15, 0.2) is 0 Å². The SMILES string of the molecule is C[C@]12CCC(C=O)C=C1C=C[C@@H]1[C@@H]2C(C=O)C[C@]2(C)C(C=O)CC[C@@H]12. The molecule has 4 rings (SSSR count). The van der Waals surface area contributed by atoms with Crippen molar-refractivity contribution in [1.82, 2.24) is 0 Å². The molecule has 3 heteroatoms. The van der Waals surface area contributed by atoms with Crippen LogP contribution in [-0.2, 0) is 14.4 Å². The molecule has 4 aliphatic carbocycles. The number of allylic oxidation sites excluding steroid dienone is 4. The summed E-state index contributed by atoms with van der Waals surface area (Å²) >= 11 is 0. The second kappa shape index (κ2) is 5.75. The Bertz CT molecular complexity index is 662. The van der Waals surface area contributed by atoms with E-state index >= 15 is 0 Å². The summed E-state index contributed by atoms with van der Waals surface area (Å²) in [5, 5.41) is 0. The molecule has 0 aromatic carbocycles. The van der Waals surface area contributed by atoms with Crippen molar-refractivity contribution in [3.05, 3.63) is 23.8 Å². The highest BCUT2D eigenvalue weighted by atomic mass is 16.1. The highest BCUT2D eigenvalue weighted by Crippen LogP contribution is 2.66. The van der Waals surface area contributed by atoms with Gasteiger partial charge in [-0.15, -0.1) is 0 Å². The van der Waals surface area contributed by atoms with Gasteiger partial charge in [-0.05, 0) is 66.3 Å². The van der Waals surface area contributed by atoms with Gasteiger partial charge in [0.1, 0.15) is 18.9 Å². The van der Waals surface area contributed by atoms with E-state index in [9.17, 15) is 14.4 Å². The molecule has 3 unspecified atom stereocenters. The standard InChI is InChI=1S/C22H28O3/c1-21-8-7-14(11-23)9-16(21)3-5-18-19-6-4-17(13-25)22(19,2)10-15(12-24)20(18)21/h3,5,9,11-15,17-20H,4,6-8,10H2,1-2H3/t14?,15?,17?,18-,19-,20-,21-,22+/m0/s1. The fourth-order valence-corrected chi connectivity index (χ4v) is 6.95. The lowest BCUT2D eigenvalue weighted by Gasteiger charge is -2.58. The maximum atomic E-state index is 12.1. The number of aldehydes is 3. The molecule has 25 heavy (non-hydrogen) atoms. The molecule has 0 heterocycles. The zero-order valence-corrected chi connectivity index (χ0v) is 15.2. The van der Waals surface area contributed by atoms with Crippen molar-refractivity contribution in [1.29, 1.82) is 0 Å². The Kier molecular flexibility index (Phi) is 3.90. The molecular formula is C22H28O3. The van der Waals surface area contributed by atoms with E-state index in [1.807, 2.05) is 0 Å². The van der Waals surface area contributed by atoms with Crippen LogP contribution in [0.5, 0.6) is 0 Å². The van der Waals surface area contributed by atoms with Crippen molar-refractivity contribution in [2.45, 2.75) is 46.0 Å². The predicted octanol–water partition coefficient (Wildman–Crippen LogP) is 3.78. The summed E-state index contributed by atoms with van der Waals surface area (Å²) in [5.74, 6) is 1.26. The molecule has 0 spiro atoms. The third-order valence-corrected chi connectivity index (χ3v) is 8.30. The van der Waals surface area contributed by atoms with E-state index in [1.165, 1.54) is 5.57 Å². The fraction of sp³-hybridized carbons (Fsp3) is 0.682. The lowest BCUT2D eigenvalue weighted by molar-refractivity contribution is -0.129. The lowest BCUT2D eigenvalue weighted by Crippen LogP contribution is -2.53. The van der Waals surface area contributed by atoms with E-state index < -0.39 is 0 Å². The summed E-state index contributed by atoms with van der Waals surface area (Å²) in [5.41, 5.74) is 1.18. The van der Waals surface area contributed by atoms with Crippen LogP contribution in [-0.4, -0.2) is 18.9 Å². The quantitative estimate of drug-likeness (QED) is 0.735. The highest BCUT2D eigenvalue weighted by Gasteiger charge is 2.61. The molecule has 0 aromatic rings. The van der Waals surface area contributed by atoms with Crippen LogP contribution in [0.1, 0.15) is 46.0 Å². The zero-order valence-electron chi connectivity index (χ0n) is 15.2. The molecule has 4 aliphatic rings. The minimum atomic E-state index is -0.0452. The number of carbonyl (C=O) groups excluding carboxylic acids is 3. The molecule has 0 aliphatic heterocycles. The van der Waals surface area contributed by atoms with Gasteiger partial charge >= 0.3 is 0 Å². The van der Waals surface area contributed by atoms with E-state index in [2.05, 4.69) is 32.1 Å². The number of carbonyl (C=O) groups is 3. The summed E-state index contributed by atoms with van der Waals surface area (Å²) in [6.07, 6.45) is 14.7. The van der Waals surface area contributed by atoms with Gasteiger partial charge < -0.3 is 14.4 Å². The van der Waals surface area contributed by atoms with Gasteiger partial charge in [-0.3, -0.25) is 0 Å². The van der Waals surface area contributed by atoms with E-state index in [0.29, 0.717) is 17.8 Å². The van der Waals surface area contributed by atoms with Crippen molar-refractivity contribution in [3.8, 4) is 0 Å². The van der Waals surface area contributed by atoms with Crippen LogP contribution in [0.25, 0.3) is 0 Å². The van der Waals surface area contributed by atoms with E-state index in [-0.39, 0.29) is 28.6 Å². The molecule has 0 saturated heterocycles. The van der Waals surface area contributed by atoms with Crippen molar-refractivity contribution in [3.63, 3.8) is 0 Å². The average Bonchev–Trinajstić information content (AvgIpc) is 2.96. The molecule has 0 bridgehead atoms. The first-order valence-corrected chi connectivity index (χ1v) is 9.74. The Balaban J connectivity index is 1.79. The van der Waals surface area contributed by atoms with Gasteiger partial charge in [-0.25, -0.2) is 0 Å². The number of fused-ring (bicyclic) bond motifs is 5. The van der Waals surface area contributed by atoms with Crippen molar-refractivity contribution in [2.24, 2.45) is 46.3 Å². The van der Waals surface area contributed by atoms with Crippen LogP contribution in [0.2, 0.25) is 0 Å². The second-order valence-electron chi connectivity index (χ2n) is 9.28. The number of hydrogen-bond donors (Lipinski definition) is 0. The first-order chi connectivity index (χ1) is 12.0. The minimum absolute atomic E-state index is 0.00192. The third-order valence-electron chi connectivity index (χ3n) is 8.30. The number of rotatable bonds is 3. The molecule has 0 amide bonds. The van der Waals surface area contributed by atoms with Crippen LogP contribution in [0.4, 0.5) is 0 Å². The second-order valence-corrected chi connectivity index (χ2v) is 9.28. The van der Waals surface area contributed by atoms with Gasteiger partial charge in [-0.2, -0.15) is 0 Å². The molecule has 2 saturated carbocycles. The summed E-state index contributed by atoms with van der Waals surface area (Å²) in [6.45, 7) is 4.54. The smallest absolute Gasteiger partial charge is 0.126 e. The Labute approximate surface area is 149 Å². The molecule has 0 aromatic heterocycles. The molecule has 8 atom stereocenters. The Morgan fingerprint density at radius 1 is 1.04 bits per heavy atom. The maximum absolute atomic E-state index is 12.1. The molecule has 134 valence electrons. The number of hydrogen-bond acceptors (Lipinski definition) is 3. The van der Waals surface area contributed by atoms with Crippen LogP contribution < -0.4 is 0 Å². The first-order valence-electron chi connectivity index (χ1n) is 9.74. The van der Waals surface area contributed by atoms with Crippen molar-refractivity contribution in [2.75, 3.05) is 0 Å². The molecule has 2 fully saturated rings. The molecular weight excluding hydrogens is 312 g/mol. The zero-order chi connectivity index (χ0) is 17.8. The normalized spacial score (nSPS) is 50.9. The minimum Gasteiger partial charge on any atom is -0.303 e. The third kappa shape index (κ3) is 2.20. The van der Waals surface area contributed by atoms with E-state index in [1.54, 1.807) is 0 Å². The summed E-state index contributed by atoms with van der Waals surface area (Å²) in [6, 6.07) is 0. The van der Waals surface area contributed by atoms with Crippen molar-refractivity contribution < 1.29 is 14.4 Å². The van der Waals surface area contributed by atoms with Crippen LogP contribution in [0.15, 0.2) is 23.8 Å². The summed E-state index contributed by atoms with van der Waals surface area (Å²) in [7, 11) is 0. The van der Waals surface area contributed by atoms with Gasteiger partial charge in [0.05, 0.1) is 0 Å². The van der Waals surface area contributed by atoms with E-state index in [4.69, 9.17) is 0 Å². The Morgan fingerprint density at radius 3 is 2.52 bits per heavy atom. The summed E-state index contributed by atoms with van der Waals surface area (Å²) in [4.78, 5) is 35.0. The average molecular weight is 340 g/mol. The van der Waals surface area contributed by atoms with Crippen LogP contribution >= 0.6 is 0 Å². The van der Waals surface area contributed by atoms with Crippen molar-refractivity contribution >= 4 is 18.9 Å². The van der Waals surface area contributed by atoms with Gasteiger partial charge in [-0.1, -0.05) is 32.1 Å². The predicted molar refractivity (Wildman–Crippen MR) is 95.7 cm³/mol. The molecule has 3 nitrogen and oxygen atoms in total. The Hall–Kier alpha value is -1.51. The molecule has 0 N–H and O–H groups in total. The van der Waals surface area contributed by atoms with Gasteiger partial charge in [0.2, 0.25) is 0 Å². The molecule has 0 radical (unpaired) electrons.